The lowest BCUT2D eigenvalue weighted by Gasteiger charge is -2.02. The maximum Gasteiger partial charge on any atom is 0.193 e. The molecule has 0 saturated carbocycles. The predicted octanol–water partition coefficient (Wildman–Crippen LogP) is 3.90. The lowest BCUT2D eigenvalue weighted by atomic mass is 10.0. The molecule has 0 aliphatic rings. The standard InChI is InChI=1S/C14H14OS/c1-9-4-10(2)6-12(5-9)14(15)13-7-11(3)16-8-13/h4-8H,1-3H3. The summed E-state index contributed by atoms with van der Waals surface area (Å²) in [4.78, 5) is 13.3. The number of ketones is 1. The summed E-state index contributed by atoms with van der Waals surface area (Å²) >= 11 is 1.61. The molecule has 2 heteroatoms. The normalized spacial score (nSPS) is 10.4. The molecule has 0 bridgehead atoms. The highest BCUT2D eigenvalue weighted by Crippen LogP contribution is 2.18. The molecule has 1 nitrogen and oxygen atoms in total. The monoisotopic (exact) mass is 230 g/mol. The summed E-state index contributed by atoms with van der Waals surface area (Å²) in [5.41, 5.74) is 3.86. The van der Waals surface area contributed by atoms with E-state index < -0.39 is 0 Å². The van der Waals surface area contributed by atoms with Gasteiger partial charge >= 0.3 is 0 Å². The zero-order valence-corrected chi connectivity index (χ0v) is 10.5. The molecule has 82 valence electrons. The molecule has 0 atom stereocenters. The number of carbonyl (C=O) groups excluding carboxylic acids is 1. The van der Waals surface area contributed by atoms with Crippen LogP contribution in [0.1, 0.15) is 31.9 Å². The molecule has 0 fully saturated rings. The van der Waals surface area contributed by atoms with Crippen LogP contribution in [0.25, 0.3) is 0 Å². The Morgan fingerprint density at radius 3 is 2.06 bits per heavy atom. The Balaban J connectivity index is 2.41. The average molecular weight is 230 g/mol. The Hall–Kier alpha value is -1.41. The highest BCUT2D eigenvalue weighted by molar-refractivity contribution is 7.10. The van der Waals surface area contributed by atoms with Gasteiger partial charge in [0.25, 0.3) is 0 Å². The smallest absolute Gasteiger partial charge is 0.193 e. The van der Waals surface area contributed by atoms with E-state index in [0.29, 0.717) is 0 Å². The van der Waals surface area contributed by atoms with Crippen LogP contribution in [-0.4, -0.2) is 5.78 Å². The largest absolute Gasteiger partial charge is 0.289 e. The van der Waals surface area contributed by atoms with Gasteiger partial charge in [-0.2, -0.15) is 0 Å². The van der Waals surface area contributed by atoms with Crippen LogP contribution < -0.4 is 0 Å². The van der Waals surface area contributed by atoms with Crippen LogP contribution >= 0.6 is 11.3 Å². The van der Waals surface area contributed by atoms with Crippen LogP contribution in [0.15, 0.2) is 29.6 Å². The summed E-state index contributed by atoms with van der Waals surface area (Å²) in [6, 6.07) is 7.92. The zero-order chi connectivity index (χ0) is 11.7. The summed E-state index contributed by atoms with van der Waals surface area (Å²) in [6.45, 7) is 6.05. The molecule has 0 aliphatic carbocycles. The summed E-state index contributed by atoms with van der Waals surface area (Å²) < 4.78 is 0. The minimum absolute atomic E-state index is 0.121. The van der Waals surface area contributed by atoms with Crippen molar-refractivity contribution in [1.82, 2.24) is 0 Å². The van der Waals surface area contributed by atoms with Gasteiger partial charge in [-0.25, -0.2) is 0 Å². The van der Waals surface area contributed by atoms with Crippen molar-refractivity contribution >= 4 is 17.1 Å². The van der Waals surface area contributed by atoms with E-state index in [1.807, 2.05) is 44.4 Å². The van der Waals surface area contributed by atoms with Crippen LogP contribution in [0.4, 0.5) is 0 Å². The molecule has 0 radical (unpaired) electrons. The third-order valence-electron chi connectivity index (χ3n) is 2.48. The van der Waals surface area contributed by atoms with E-state index in [2.05, 4.69) is 6.07 Å². The van der Waals surface area contributed by atoms with Crippen LogP contribution in [-0.2, 0) is 0 Å². The van der Waals surface area contributed by atoms with Gasteiger partial charge in [0.05, 0.1) is 0 Å². The van der Waals surface area contributed by atoms with Crippen LogP contribution in [0, 0.1) is 20.8 Å². The van der Waals surface area contributed by atoms with Gasteiger partial charge in [0.2, 0.25) is 0 Å². The molecule has 2 rings (SSSR count). The molecule has 1 aromatic carbocycles. The molecular weight excluding hydrogens is 216 g/mol. The first-order valence-corrected chi connectivity index (χ1v) is 6.12. The fraction of sp³-hybridized carbons (Fsp3) is 0.214. The van der Waals surface area contributed by atoms with Crippen molar-refractivity contribution in [3.05, 3.63) is 56.8 Å². The fourth-order valence-electron chi connectivity index (χ4n) is 1.83. The van der Waals surface area contributed by atoms with E-state index in [9.17, 15) is 4.79 Å². The van der Waals surface area contributed by atoms with E-state index in [1.54, 1.807) is 11.3 Å². The van der Waals surface area contributed by atoms with E-state index in [0.717, 1.165) is 22.3 Å². The lowest BCUT2D eigenvalue weighted by molar-refractivity contribution is 0.103. The first-order valence-electron chi connectivity index (χ1n) is 5.24. The van der Waals surface area contributed by atoms with Gasteiger partial charge in [0.1, 0.15) is 0 Å². The molecular formula is C14H14OS. The van der Waals surface area contributed by atoms with Gasteiger partial charge in [-0.1, -0.05) is 17.2 Å². The van der Waals surface area contributed by atoms with Gasteiger partial charge in [0.15, 0.2) is 5.78 Å². The highest BCUT2D eigenvalue weighted by Gasteiger charge is 2.10. The number of rotatable bonds is 2. The third-order valence-corrected chi connectivity index (χ3v) is 3.34. The number of hydrogen-bond acceptors (Lipinski definition) is 2. The average Bonchev–Trinajstić information content (AvgIpc) is 2.62. The first-order chi connectivity index (χ1) is 7.56. The topological polar surface area (TPSA) is 17.1 Å². The Labute approximate surface area is 99.8 Å². The number of thiophene rings is 1. The minimum Gasteiger partial charge on any atom is -0.289 e. The second-order valence-electron chi connectivity index (χ2n) is 4.15. The molecule has 0 amide bonds. The van der Waals surface area contributed by atoms with Crippen LogP contribution in [0.3, 0.4) is 0 Å². The lowest BCUT2D eigenvalue weighted by Crippen LogP contribution is -2.00. The summed E-state index contributed by atoms with van der Waals surface area (Å²) in [7, 11) is 0. The maximum absolute atomic E-state index is 12.2. The second kappa shape index (κ2) is 4.22. The van der Waals surface area contributed by atoms with Crippen molar-refractivity contribution < 1.29 is 4.79 Å². The van der Waals surface area contributed by atoms with E-state index in [4.69, 9.17) is 0 Å². The maximum atomic E-state index is 12.2. The Kier molecular flexibility index (Phi) is 2.92. The van der Waals surface area contributed by atoms with Gasteiger partial charge in [-0.3, -0.25) is 4.79 Å². The van der Waals surface area contributed by atoms with Crippen molar-refractivity contribution in [2.75, 3.05) is 0 Å². The molecule has 0 unspecified atom stereocenters. The van der Waals surface area contributed by atoms with Gasteiger partial charge in [0, 0.05) is 21.4 Å². The number of aryl methyl sites for hydroxylation is 3. The van der Waals surface area contributed by atoms with Crippen molar-refractivity contribution in [2.24, 2.45) is 0 Å². The molecule has 0 spiro atoms. The molecule has 0 aliphatic heterocycles. The third kappa shape index (κ3) is 2.22. The minimum atomic E-state index is 0.121. The summed E-state index contributed by atoms with van der Waals surface area (Å²) in [6.07, 6.45) is 0. The fourth-order valence-corrected chi connectivity index (χ4v) is 2.52. The van der Waals surface area contributed by atoms with Gasteiger partial charge in [-0.15, -0.1) is 11.3 Å². The van der Waals surface area contributed by atoms with Gasteiger partial charge < -0.3 is 0 Å². The molecule has 16 heavy (non-hydrogen) atoms. The number of hydrogen-bond donors (Lipinski definition) is 0. The van der Waals surface area contributed by atoms with Crippen molar-refractivity contribution in [1.29, 1.82) is 0 Å². The number of benzene rings is 1. The van der Waals surface area contributed by atoms with E-state index >= 15 is 0 Å². The van der Waals surface area contributed by atoms with Crippen molar-refractivity contribution in [3.8, 4) is 0 Å². The molecule has 0 N–H and O–H groups in total. The number of carbonyl (C=O) groups is 1. The quantitative estimate of drug-likeness (QED) is 0.715. The molecule has 0 saturated heterocycles. The zero-order valence-electron chi connectivity index (χ0n) is 9.70. The Morgan fingerprint density at radius 1 is 0.938 bits per heavy atom. The Morgan fingerprint density at radius 2 is 1.56 bits per heavy atom. The SMILES string of the molecule is Cc1cc(C)cc(C(=O)c2csc(C)c2)c1. The summed E-state index contributed by atoms with van der Waals surface area (Å²) in [5.74, 6) is 0.121. The highest BCUT2D eigenvalue weighted by atomic mass is 32.1. The van der Waals surface area contributed by atoms with E-state index in [-0.39, 0.29) is 5.78 Å². The van der Waals surface area contributed by atoms with Gasteiger partial charge in [-0.05, 0) is 39.0 Å². The van der Waals surface area contributed by atoms with E-state index in [1.165, 1.54) is 4.88 Å². The second-order valence-corrected chi connectivity index (χ2v) is 5.27. The molecule has 1 aromatic heterocycles. The van der Waals surface area contributed by atoms with Crippen molar-refractivity contribution in [3.63, 3.8) is 0 Å². The first kappa shape index (κ1) is 11.1. The Bertz CT molecular complexity index is 517. The summed E-state index contributed by atoms with van der Waals surface area (Å²) in [5, 5.41) is 1.93. The molecule has 1 heterocycles. The van der Waals surface area contributed by atoms with Crippen molar-refractivity contribution in [2.45, 2.75) is 20.8 Å². The van der Waals surface area contributed by atoms with Crippen LogP contribution in [0.2, 0.25) is 0 Å². The molecule has 2 aromatic rings. The predicted molar refractivity (Wildman–Crippen MR) is 68.4 cm³/mol. The van der Waals surface area contributed by atoms with Crippen LogP contribution in [0.5, 0.6) is 0 Å².